The molecule has 0 unspecified atom stereocenters. The summed E-state index contributed by atoms with van der Waals surface area (Å²) in [6.07, 6.45) is 3.02. The quantitative estimate of drug-likeness (QED) is 0.338. The number of benzene rings is 2. The maximum atomic E-state index is 12.2. The number of ether oxygens (including phenoxy) is 4. The van der Waals surface area contributed by atoms with Gasteiger partial charge in [-0.1, -0.05) is 17.7 Å². The highest BCUT2D eigenvalue weighted by Crippen LogP contribution is 2.35. The molecule has 8 nitrogen and oxygen atoms in total. The van der Waals surface area contributed by atoms with E-state index in [2.05, 4.69) is 10.3 Å². The minimum absolute atomic E-state index is 0.00230. The highest BCUT2D eigenvalue weighted by molar-refractivity contribution is 7.09. The number of hydrogen-bond acceptors (Lipinski definition) is 8. The Morgan fingerprint density at radius 3 is 2.35 bits per heavy atom. The van der Waals surface area contributed by atoms with Crippen LogP contribution in [0.3, 0.4) is 0 Å². The third kappa shape index (κ3) is 6.82. The van der Waals surface area contributed by atoms with Gasteiger partial charge in [-0.25, -0.2) is 9.78 Å². The molecule has 3 aromatic rings. The zero-order valence-corrected chi connectivity index (χ0v) is 20.2. The number of aromatic nitrogens is 1. The van der Waals surface area contributed by atoms with Gasteiger partial charge < -0.3 is 24.3 Å². The van der Waals surface area contributed by atoms with Gasteiger partial charge in [-0.15, -0.1) is 11.3 Å². The topological polar surface area (TPSA) is 96.0 Å². The Bertz CT molecular complexity index is 1170. The molecule has 0 saturated heterocycles. The molecule has 1 amide bonds. The monoisotopic (exact) mass is 482 g/mol. The van der Waals surface area contributed by atoms with E-state index in [4.69, 9.17) is 18.9 Å². The van der Waals surface area contributed by atoms with Crippen LogP contribution in [0, 0.1) is 6.92 Å². The SMILES string of the molecule is COc1cc(OC)c(OC)cc1/C=C/C(=O)OCc1csc(CC(=O)Nc2ccc(C)cc2)n1. The third-order valence-corrected chi connectivity index (χ3v) is 5.64. The number of aryl methyl sites for hydroxylation is 1. The number of amides is 1. The Morgan fingerprint density at radius 1 is 1.00 bits per heavy atom. The van der Waals surface area contributed by atoms with Gasteiger partial charge in [-0.05, 0) is 31.2 Å². The molecule has 0 saturated carbocycles. The summed E-state index contributed by atoms with van der Waals surface area (Å²) in [5, 5.41) is 5.25. The number of methoxy groups -OCH3 is 3. The van der Waals surface area contributed by atoms with Crippen molar-refractivity contribution in [3.05, 3.63) is 69.7 Å². The molecule has 178 valence electrons. The van der Waals surface area contributed by atoms with E-state index in [9.17, 15) is 9.59 Å². The first kappa shape index (κ1) is 24.8. The van der Waals surface area contributed by atoms with Crippen LogP contribution in [0.15, 0.2) is 47.9 Å². The number of esters is 1. The smallest absolute Gasteiger partial charge is 0.331 e. The van der Waals surface area contributed by atoms with E-state index in [1.165, 1.54) is 38.7 Å². The second-order valence-electron chi connectivity index (χ2n) is 7.21. The van der Waals surface area contributed by atoms with Crippen molar-refractivity contribution < 1.29 is 28.5 Å². The number of hydrogen-bond donors (Lipinski definition) is 1. The van der Waals surface area contributed by atoms with Crippen LogP contribution in [0.1, 0.15) is 21.8 Å². The van der Waals surface area contributed by atoms with E-state index >= 15 is 0 Å². The minimum atomic E-state index is -0.538. The van der Waals surface area contributed by atoms with Gasteiger partial charge in [0.2, 0.25) is 5.91 Å². The lowest BCUT2D eigenvalue weighted by atomic mass is 10.1. The van der Waals surface area contributed by atoms with Gasteiger partial charge in [0.05, 0.1) is 33.4 Å². The first-order valence-corrected chi connectivity index (χ1v) is 11.2. The number of anilines is 1. The zero-order chi connectivity index (χ0) is 24.5. The summed E-state index contributed by atoms with van der Waals surface area (Å²) < 4.78 is 21.2. The lowest BCUT2D eigenvalue weighted by Crippen LogP contribution is -2.14. The molecule has 0 aliphatic heterocycles. The summed E-state index contributed by atoms with van der Waals surface area (Å²) in [4.78, 5) is 28.8. The lowest BCUT2D eigenvalue weighted by Gasteiger charge is -2.12. The van der Waals surface area contributed by atoms with E-state index in [0.717, 1.165) is 11.3 Å². The van der Waals surface area contributed by atoms with Crippen molar-refractivity contribution in [2.45, 2.75) is 20.0 Å². The number of nitrogens with zero attached hydrogens (tertiary/aromatic N) is 1. The largest absolute Gasteiger partial charge is 0.496 e. The van der Waals surface area contributed by atoms with Gasteiger partial charge in [0, 0.05) is 28.8 Å². The summed E-state index contributed by atoms with van der Waals surface area (Å²) in [6, 6.07) is 10.9. The van der Waals surface area contributed by atoms with Crippen LogP contribution in [0.4, 0.5) is 5.69 Å². The molecule has 3 rings (SSSR count). The van der Waals surface area contributed by atoms with Gasteiger partial charge in [0.1, 0.15) is 17.4 Å². The number of carbonyl (C=O) groups is 2. The predicted molar refractivity (Wildman–Crippen MR) is 131 cm³/mol. The Balaban J connectivity index is 1.53. The van der Waals surface area contributed by atoms with Crippen LogP contribution in [0.25, 0.3) is 6.08 Å². The van der Waals surface area contributed by atoms with Crippen LogP contribution < -0.4 is 19.5 Å². The summed E-state index contributed by atoms with van der Waals surface area (Å²) >= 11 is 1.34. The standard InChI is InChI=1S/C25H26N2O6S/c1-16-5-8-18(9-6-16)26-23(28)13-24-27-19(15-34-24)14-33-25(29)10-7-17-11-21(31-3)22(32-4)12-20(17)30-2/h5-12,15H,13-14H2,1-4H3,(H,26,28)/b10-7+. The Labute approximate surface area is 202 Å². The fourth-order valence-corrected chi connectivity index (χ4v) is 3.79. The van der Waals surface area contributed by atoms with Crippen molar-refractivity contribution in [3.63, 3.8) is 0 Å². The molecule has 0 bridgehead atoms. The fraction of sp³-hybridized carbons (Fsp3) is 0.240. The van der Waals surface area contributed by atoms with Crippen LogP contribution >= 0.6 is 11.3 Å². The molecule has 0 fully saturated rings. The second-order valence-corrected chi connectivity index (χ2v) is 8.16. The third-order valence-electron chi connectivity index (χ3n) is 4.74. The highest BCUT2D eigenvalue weighted by atomic mass is 32.1. The van der Waals surface area contributed by atoms with Crippen molar-refractivity contribution in [1.82, 2.24) is 4.98 Å². The van der Waals surface area contributed by atoms with Crippen LogP contribution in [0.5, 0.6) is 17.2 Å². The van der Waals surface area contributed by atoms with E-state index in [1.54, 1.807) is 23.6 Å². The van der Waals surface area contributed by atoms with Gasteiger partial charge in [0.15, 0.2) is 11.5 Å². The maximum absolute atomic E-state index is 12.2. The average Bonchev–Trinajstić information content (AvgIpc) is 3.29. The van der Waals surface area contributed by atoms with Crippen LogP contribution in [-0.2, 0) is 27.4 Å². The van der Waals surface area contributed by atoms with Gasteiger partial charge in [-0.3, -0.25) is 4.79 Å². The molecule has 1 N–H and O–H groups in total. The molecular formula is C25H26N2O6S. The van der Waals surface area contributed by atoms with Crippen molar-refractivity contribution in [1.29, 1.82) is 0 Å². The van der Waals surface area contributed by atoms with E-state index < -0.39 is 5.97 Å². The van der Waals surface area contributed by atoms with E-state index in [0.29, 0.717) is 33.5 Å². The normalized spacial score (nSPS) is 10.7. The molecule has 1 heterocycles. The zero-order valence-electron chi connectivity index (χ0n) is 19.4. The lowest BCUT2D eigenvalue weighted by molar-refractivity contribution is -0.139. The van der Waals surface area contributed by atoms with Crippen molar-refractivity contribution in [3.8, 4) is 17.2 Å². The Morgan fingerprint density at radius 2 is 1.68 bits per heavy atom. The summed E-state index contributed by atoms with van der Waals surface area (Å²) in [5.41, 5.74) is 3.07. The molecular weight excluding hydrogens is 456 g/mol. The van der Waals surface area contributed by atoms with Crippen molar-refractivity contribution in [2.24, 2.45) is 0 Å². The first-order valence-electron chi connectivity index (χ1n) is 10.4. The molecule has 0 radical (unpaired) electrons. The Kier molecular flexibility index (Phi) is 8.64. The number of thiazole rings is 1. The minimum Gasteiger partial charge on any atom is -0.496 e. The molecule has 2 aromatic carbocycles. The van der Waals surface area contributed by atoms with Gasteiger partial charge >= 0.3 is 5.97 Å². The van der Waals surface area contributed by atoms with Crippen LogP contribution in [0.2, 0.25) is 0 Å². The molecule has 0 aliphatic rings. The second kappa shape index (κ2) is 11.9. The molecule has 9 heteroatoms. The average molecular weight is 483 g/mol. The van der Waals surface area contributed by atoms with E-state index in [-0.39, 0.29) is 18.9 Å². The maximum Gasteiger partial charge on any atom is 0.331 e. The van der Waals surface area contributed by atoms with Crippen molar-refractivity contribution >= 4 is 35.0 Å². The Hall–Kier alpha value is -3.85. The number of nitrogens with one attached hydrogen (secondary N) is 1. The fourth-order valence-electron chi connectivity index (χ4n) is 3.01. The molecule has 34 heavy (non-hydrogen) atoms. The summed E-state index contributed by atoms with van der Waals surface area (Å²) in [6.45, 7) is 1.99. The predicted octanol–water partition coefficient (Wildman–Crippen LogP) is 4.42. The highest BCUT2D eigenvalue weighted by Gasteiger charge is 2.12. The van der Waals surface area contributed by atoms with E-state index in [1.807, 2.05) is 31.2 Å². The van der Waals surface area contributed by atoms with Crippen LogP contribution in [-0.4, -0.2) is 38.2 Å². The summed E-state index contributed by atoms with van der Waals surface area (Å²) in [7, 11) is 4.59. The first-order chi connectivity index (χ1) is 16.4. The number of rotatable bonds is 10. The molecule has 0 aliphatic carbocycles. The molecule has 0 atom stereocenters. The summed E-state index contributed by atoms with van der Waals surface area (Å²) in [5.74, 6) is 0.857. The molecule has 0 spiro atoms. The van der Waals surface area contributed by atoms with Gasteiger partial charge in [0.25, 0.3) is 0 Å². The van der Waals surface area contributed by atoms with Gasteiger partial charge in [-0.2, -0.15) is 0 Å². The number of carbonyl (C=O) groups excluding carboxylic acids is 2. The van der Waals surface area contributed by atoms with Crippen molar-refractivity contribution in [2.75, 3.05) is 26.6 Å². The molecule has 1 aromatic heterocycles.